The van der Waals surface area contributed by atoms with Crippen LogP contribution in [-0.2, 0) is 15.0 Å². The van der Waals surface area contributed by atoms with Gasteiger partial charge in [0.1, 0.15) is 11.2 Å². The van der Waals surface area contributed by atoms with Gasteiger partial charge < -0.3 is 16.4 Å². The molecule has 28 heavy (non-hydrogen) atoms. The molecular weight excluding hydrogens is 358 g/mol. The first-order valence-corrected chi connectivity index (χ1v) is 9.09. The maximum absolute atomic E-state index is 13.4. The Kier molecular flexibility index (Phi) is 3.04. The summed E-state index contributed by atoms with van der Waals surface area (Å²) in [4.78, 5) is 46.5. The first-order chi connectivity index (χ1) is 13.2. The summed E-state index contributed by atoms with van der Waals surface area (Å²) in [7, 11) is 0. The Bertz CT molecular complexity index is 1180. The molecule has 2 aliphatic heterocycles. The number of H-pyrrole nitrogens is 1. The number of benzene rings is 1. The monoisotopic (exact) mass is 377 g/mol. The average molecular weight is 377 g/mol. The third-order valence-corrected chi connectivity index (χ3v) is 5.75. The van der Waals surface area contributed by atoms with Gasteiger partial charge in [0, 0.05) is 28.9 Å². The predicted molar refractivity (Wildman–Crippen MR) is 104 cm³/mol. The molecule has 1 aliphatic carbocycles. The lowest BCUT2D eigenvalue weighted by atomic mass is 9.61. The van der Waals surface area contributed by atoms with E-state index >= 15 is 0 Å². The average Bonchev–Trinajstić information content (AvgIpc) is 2.85. The fourth-order valence-corrected chi connectivity index (χ4v) is 4.81. The predicted octanol–water partition coefficient (Wildman–Crippen LogP) is 1.66. The molecule has 3 aliphatic rings. The van der Waals surface area contributed by atoms with Crippen LogP contribution in [0.4, 0.5) is 17.5 Å². The Labute approximate surface area is 160 Å². The molecule has 5 rings (SSSR count). The number of Topliss-reactive ketones (excluding diaryl/α,β-unsaturated/α-hetero) is 1. The Morgan fingerprint density at radius 3 is 2.61 bits per heavy atom. The molecule has 8 heteroatoms. The number of aromatic nitrogens is 2. The maximum atomic E-state index is 13.4. The minimum atomic E-state index is -1.53. The number of nitrogens with one attached hydrogen (secondary N) is 3. The number of nitrogen functional groups attached to an aromatic ring is 1. The molecule has 1 atom stereocenters. The number of ketones is 1. The van der Waals surface area contributed by atoms with Crippen LogP contribution in [0.3, 0.4) is 0 Å². The minimum Gasteiger partial charge on any atom is -0.369 e. The molecule has 142 valence electrons. The number of nitrogens with two attached hydrogens (primary N) is 1. The van der Waals surface area contributed by atoms with Crippen LogP contribution in [0.25, 0.3) is 0 Å². The second-order valence-corrected chi connectivity index (χ2v) is 8.34. The van der Waals surface area contributed by atoms with Gasteiger partial charge in [-0.25, -0.2) is 0 Å². The lowest BCUT2D eigenvalue weighted by molar-refractivity contribution is -0.123. The number of carbonyl (C=O) groups excluding carboxylic acids is 2. The van der Waals surface area contributed by atoms with Crippen molar-refractivity contribution in [3.63, 3.8) is 0 Å². The van der Waals surface area contributed by atoms with E-state index in [-0.39, 0.29) is 28.5 Å². The number of allylic oxidation sites excluding steroid dienone is 1. The van der Waals surface area contributed by atoms with E-state index in [1.54, 1.807) is 24.3 Å². The molecule has 1 spiro atoms. The van der Waals surface area contributed by atoms with E-state index in [2.05, 4.69) is 20.6 Å². The summed E-state index contributed by atoms with van der Waals surface area (Å²) >= 11 is 0. The number of rotatable bonds is 0. The highest BCUT2D eigenvalue weighted by molar-refractivity contribution is 6.19. The zero-order valence-corrected chi connectivity index (χ0v) is 15.5. The van der Waals surface area contributed by atoms with Crippen molar-refractivity contribution in [2.45, 2.75) is 32.1 Å². The van der Waals surface area contributed by atoms with Crippen LogP contribution in [0, 0.1) is 5.41 Å². The summed E-state index contributed by atoms with van der Waals surface area (Å²) in [5.41, 5.74) is 5.64. The van der Waals surface area contributed by atoms with Crippen molar-refractivity contribution in [3.05, 3.63) is 57.0 Å². The summed E-state index contributed by atoms with van der Waals surface area (Å²) in [5.74, 6) is -0.401. The van der Waals surface area contributed by atoms with Crippen LogP contribution in [0.15, 0.2) is 40.3 Å². The smallest absolute Gasteiger partial charge is 0.259 e. The highest BCUT2D eigenvalue weighted by Gasteiger charge is 2.60. The second kappa shape index (κ2) is 5.09. The van der Waals surface area contributed by atoms with E-state index in [1.165, 1.54) is 0 Å². The molecule has 0 radical (unpaired) electrons. The van der Waals surface area contributed by atoms with Crippen molar-refractivity contribution < 1.29 is 9.59 Å². The van der Waals surface area contributed by atoms with E-state index in [1.807, 2.05) is 13.8 Å². The standard InChI is InChI=1S/C20H19N5O3/c1-19(2)7-11-13(12(26)8-19)20(9-5-3-4-6-10(9)23-17(20)28)14-15(22-11)24-18(21)25-16(14)27/h3-6H,7-8H2,1-2H3,(H,23,28)(H4,21,22,24,25,27). The summed E-state index contributed by atoms with van der Waals surface area (Å²) in [6.45, 7) is 4.00. The summed E-state index contributed by atoms with van der Waals surface area (Å²) in [6, 6.07) is 7.13. The number of carbonyl (C=O) groups is 2. The van der Waals surface area contributed by atoms with Crippen LogP contribution in [0.5, 0.6) is 0 Å². The summed E-state index contributed by atoms with van der Waals surface area (Å²) in [5, 5.41) is 5.99. The number of hydrogen-bond donors (Lipinski definition) is 4. The van der Waals surface area contributed by atoms with Crippen molar-refractivity contribution in [2.24, 2.45) is 5.41 Å². The molecular formula is C20H19N5O3. The number of nitrogens with zero attached hydrogens (tertiary/aromatic N) is 1. The molecule has 1 aromatic heterocycles. The van der Waals surface area contributed by atoms with Gasteiger partial charge in [0.05, 0.1) is 5.56 Å². The fraction of sp³-hybridized carbons (Fsp3) is 0.300. The highest BCUT2D eigenvalue weighted by Crippen LogP contribution is 2.55. The Hall–Kier alpha value is -3.42. The highest BCUT2D eigenvalue weighted by atomic mass is 16.2. The zero-order valence-electron chi connectivity index (χ0n) is 15.5. The van der Waals surface area contributed by atoms with Crippen molar-refractivity contribution >= 4 is 29.1 Å². The third-order valence-electron chi connectivity index (χ3n) is 5.75. The van der Waals surface area contributed by atoms with Gasteiger partial charge in [-0.1, -0.05) is 32.0 Å². The number of aromatic amines is 1. The van der Waals surface area contributed by atoms with Crippen LogP contribution < -0.4 is 21.9 Å². The van der Waals surface area contributed by atoms with Gasteiger partial charge in [-0.2, -0.15) is 4.98 Å². The van der Waals surface area contributed by atoms with Crippen molar-refractivity contribution in [1.82, 2.24) is 9.97 Å². The van der Waals surface area contributed by atoms with Gasteiger partial charge in [-0.05, 0) is 17.9 Å². The van der Waals surface area contributed by atoms with E-state index in [9.17, 15) is 14.4 Å². The van der Waals surface area contributed by atoms with Crippen LogP contribution in [0.2, 0.25) is 0 Å². The van der Waals surface area contributed by atoms with E-state index in [0.717, 1.165) is 0 Å². The molecule has 1 amide bonds. The van der Waals surface area contributed by atoms with E-state index in [4.69, 9.17) is 5.73 Å². The molecule has 8 nitrogen and oxygen atoms in total. The number of fused-ring (bicyclic) bond motifs is 5. The zero-order chi connectivity index (χ0) is 19.8. The Morgan fingerprint density at radius 2 is 1.82 bits per heavy atom. The number of hydrogen-bond acceptors (Lipinski definition) is 6. The second-order valence-electron chi connectivity index (χ2n) is 8.34. The van der Waals surface area contributed by atoms with E-state index in [0.29, 0.717) is 35.4 Å². The van der Waals surface area contributed by atoms with Gasteiger partial charge in [0.2, 0.25) is 11.9 Å². The SMILES string of the molecule is CC1(C)CC(=O)C2=C(C1)Nc1nc(N)[nH]c(=O)c1C21C(=O)Nc2ccccc21. The molecule has 0 bridgehead atoms. The summed E-state index contributed by atoms with van der Waals surface area (Å²) in [6.07, 6.45) is 0.847. The van der Waals surface area contributed by atoms with Gasteiger partial charge in [-0.3, -0.25) is 19.4 Å². The largest absolute Gasteiger partial charge is 0.369 e. The van der Waals surface area contributed by atoms with Gasteiger partial charge in [0.15, 0.2) is 5.78 Å². The first kappa shape index (κ1) is 16.7. The minimum absolute atomic E-state index is 0.0523. The third kappa shape index (κ3) is 1.94. The Balaban J connectivity index is 1.94. The van der Waals surface area contributed by atoms with Crippen LogP contribution >= 0.6 is 0 Å². The fourth-order valence-electron chi connectivity index (χ4n) is 4.81. The quantitative estimate of drug-likeness (QED) is 0.552. The van der Waals surface area contributed by atoms with Crippen LogP contribution in [0.1, 0.15) is 37.8 Å². The molecule has 1 unspecified atom stereocenters. The molecule has 0 saturated heterocycles. The topological polar surface area (TPSA) is 130 Å². The van der Waals surface area contributed by atoms with Crippen molar-refractivity contribution in [1.29, 1.82) is 0 Å². The van der Waals surface area contributed by atoms with Gasteiger partial charge in [-0.15, -0.1) is 0 Å². The van der Waals surface area contributed by atoms with E-state index < -0.39 is 16.9 Å². The van der Waals surface area contributed by atoms with Crippen molar-refractivity contribution in [2.75, 3.05) is 16.4 Å². The molecule has 2 aromatic rings. The molecule has 0 fully saturated rings. The number of amides is 1. The molecule has 3 heterocycles. The first-order valence-electron chi connectivity index (χ1n) is 9.09. The van der Waals surface area contributed by atoms with Gasteiger partial charge >= 0.3 is 0 Å². The van der Waals surface area contributed by atoms with Gasteiger partial charge in [0.25, 0.3) is 5.56 Å². The van der Waals surface area contributed by atoms with Crippen LogP contribution in [-0.4, -0.2) is 21.7 Å². The normalized spacial score (nSPS) is 24.4. The Morgan fingerprint density at radius 1 is 1.07 bits per heavy atom. The molecule has 0 saturated carbocycles. The lowest BCUT2D eigenvalue weighted by Crippen LogP contribution is -2.50. The lowest BCUT2D eigenvalue weighted by Gasteiger charge is -2.42. The number of anilines is 3. The number of para-hydroxylation sites is 1. The maximum Gasteiger partial charge on any atom is 0.259 e. The molecule has 5 N–H and O–H groups in total. The summed E-state index contributed by atoms with van der Waals surface area (Å²) < 4.78 is 0. The van der Waals surface area contributed by atoms with Crippen molar-refractivity contribution in [3.8, 4) is 0 Å². The molecule has 1 aromatic carbocycles.